The molecular formula is C22H26N2O5. The van der Waals surface area contributed by atoms with E-state index in [0.717, 1.165) is 36.1 Å². The van der Waals surface area contributed by atoms with E-state index >= 15 is 0 Å². The van der Waals surface area contributed by atoms with Gasteiger partial charge in [-0.2, -0.15) is 0 Å². The summed E-state index contributed by atoms with van der Waals surface area (Å²) in [6.45, 7) is 0.846. The fourth-order valence-corrected chi connectivity index (χ4v) is 3.83. The van der Waals surface area contributed by atoms with Gasteiger partial charge in [-0.05, 0) is 36.6 Å². The molecule has 1 aliphatic heterocycles. The lowest BCUT2D eigenvalue weighted by molar-refractivity contribution is 0.0712. The summed E-state index contributed by atoms with van der Waals surface area (Å²) >= 11 is 0. The number of aromatic nitrogens is 1. The largest absolute Gasteiger partial charge is 0.497 e. The number of carbonyl (C=O) groups is 1. The molecule has 7 nitrogen and oxygen atoms in total. The molecule has 154 valence electrons. The maximum Gasteiger partial charge on any atom is 0.270 e. The minimum Gasteiger partial charge on any atom is -0.497 e. The van der Waals surface area contributed by atoms with Gasteiger partial charge in [-0.1, -0.05) is 25.0 Å². The van der Waals surface area contributed by atoms with Crippen molar-refractivity contribution in [2.45, 2.75) is 44.2 Å². The highest BCUT2D eigenvalue weighted by molar-refractivity contribution is 5.93. The Morgan fingerprint density at radius 3 is 2.72 bits per heavy atom. The standard InChI is InChI=1S/C22H26N2O5/c1-27-16-8-6-14(7-9-16)12-15-13-18(24-22-20(15)28-10-11-29-22)21(26)23-17-4-2-3-5-19(17)25/h6-9,13,17,19,25H,2-5,10-12H2,1H3,(H,23,26)/t17-,19-/m0/s1. The number of benzene rings is 1. The molecule has 1 aromatic carbocycles. The summed E-state index contributed by atoms with van der Waals surface area (Å²) < 4.78 is 16.7. The van der Waals surface area contributed by atoms with Crippen molar-refractivity contribution in [3.63, 3.8) is 0 Å². The number of aliphatic hydroxyl groups excluding tert-OH is 1. The van der Waals surface area contributed by atoms with E-state index in [4.69, 9.17) is 14.2 Å². The van der Waals surface area contributed by atoms with Gasteiger partial charge in [0.15, 0.2) is 5.75 Å². The Kier molecular flexibility index (Phi) is 5.85. The van der Waals surface area contributed by atoms with Gasteiger partial charge in [-0.3, -0.25) is 4.79 Å². The second-order valence-electron chi connectivity index (χ2n) is 7.45. The number of ether oxygens (including phenoxy) is 3. The Hall–Kier alpha value is -2.80. The van der Waals surface area contributed by atoms with E-state index in [2.05, 4.69) is 10.3 Å². The molecule has 29 heavy (non-hydrogen) atoms. The zero-order valence-corrected chi connectivity index (χ0v) is 16.5. The van der Waals surface area contributed by atoms with Crippen LogP contribution in [0.3, 0.4) is 0 Å². The zero-order valence-electron chi connectivity index (χ0n) is 16.5. The van der Waals surface area contributed by atoms with Gasteiger partial charge in [0, 0.05) is 12.0 Å². The minimum atomic E-state index is -0.510. The molecule has 2 atom stereocenters. The third-order valence-electron chi connectivity index (χ3n) is 5.42. The molecule has 2 heterocycles. The molecule has 1 amide bonds. The molecule has 0 saturated heterocycles. The summed E-state index contributed by atoms with van der Waals surface area (Å²) in [5, 5.41) is 13.1. The van der Waals surface area contributed by atoms with Gasteiger partial charge >= 0.3 is 0 Å². The Bertz CT molecular complexity index is 868. The number of fused-ring (bicyclic) bond motifs is 1. The van der Waals surface area contributed by atoms with E-state index in [1.165, 1.54) is 0 Å². The molecule has 0 radical (unpaired) electrons. The highest BCUT2D eigenvalue weighted by atomic mass is 16.6. The molecule has 7 heteroatoms. The van der Waals surface area contributed by atoms with Crippen LogP contribution in [0.1, 0.15) is 47.3 Å². The van der Waals surface area contributed by atoms with Crippen LogP contribution >= 0.6 is 0 Å². The van der Waals surface area contributed by atoms with Crippen molar-refractivity contribution in [1.29, 1.82) is 0 Å². The molecule has 0 unspecified atom stereocenters. The van der Waals surface area contributed by atoms with Crippen molar-refractivity contribution in [3.05, 3.63) is 47.2 Å². The maximum absolute atomic E-state index is 12.8. The maximum atomic E-state index is 12.8. The normalized spacial score (nSPS) is 20.8. The smallest absolute Gasteiger partial charge is 0.270 e. The SMILES string of the molecule is COc1ccc(Cc2cc(C(=O)N[C@H]3CCCC[C@@H]3O)nc3c2OCCO3)cc1. The van der Waals surface area contributed by atoms with Crippen LogP contribution in [0.2, 0.25) is 0 Å². The Labute approximate surface area is 170 Å². The fraction of sp³-hybridized carbons (Fsp3) is 0.455. The van der Waals surface area contributed by atoms with E-state index in [1.54, 1.807) is 13.2 Å². The summed E-state index contributed by atoms with van der Waals surface area (Å²) in [6.07, 6.45) is 3.54. The monoisotopic (exact) mass is 398 g/mol. The first-order valence-corrected chi connectivity index (χ1v) is 10.1. The lowest BCUT2D eigenvalue weighted by atomic mass is 9.92. The number of nitrogens with one attached hydrogen (secondary N) is 1. The first-order valence-electron chi connectivity index (χ1n) is 10.1. The Balaban J connectivity index is 1.59. The number of pyridine rings is 1. The number of amides is 1. The van der Waals surface area contributed by atoms with Gasteiger partial charge in [-0.25, -0.2) is 4.98 Å². The van der Waals surface area contributed by atoms with E-state index in [0.29, 0.717) is 37.7 Å². The summed E-state index contributed by atoms with van der Waals surface area (Å²) in [5.41, 5.74) is 2.17. The van der Waals surface area contributed by atoms with Crippen molar-refractivity contribution < 1.29 is 24.1 Å². The number of aliphatic hydroxyl groups is 1. The second kappa shape index (κ2) is 8.69. The van der Waals surface area contributed by atoms with Crippen molar-refractivity contribution in [2.24, 2.45) is 0 Å². The topological polar surface area (TPSA) is 89.9 Å². The van der Waals surface area contributed by atoms with Crippen molar-refractivity contribution in [3.8, 4) is 17.4 Å². The average molecular weight is 398 g/mol. The highest BCUT2D eigenvalue weighted by Crippen LogP contribution is 2.34. The van der Waals surface area contributed by atoms with Crippen LogP contribution in [-0.2, 0) is 6.42 Å². The second-order valence-corrected chi connectivity index (χ2v) is 7.45. The van der Waals surface area contributed by atoms with E-state index in [9.17, 15) is 9.90 Å². The molecule has 2 aromatic rings. The molecular weight excluding hydrogens is 372 g/mol. The quantitative estimate of drug-likeness (QED) is 0.804. The lowest BCUT2D eigenvalue weighted by Gasteiger charge is -2.28. The zero-order chi connectivity index (χ0) is 20.2. The van der Waals surface area contributed by atoms with Crippen LogP contribution in [0.25, 0.3) is 0 Å². The minimum absolute atomic E-state index is 0.240. The number of rotatable bonds is 5. The lowest BCUT2D eigenvalue weighted by Crippen LogP contribution is -2.45. The van der Waals surface area contributed by atoms with Crippen LogP contribution < -0.4 is 19.5 Å². The first-order chi connectivity index (χ1) is 14.1. The van der Waals surface area contributed by atoms with Gasteiger partial charge in [0.1, 0.15) is 24.7 Å². The van der Waals surface area contributed by atoms with Gasteiger partial charge in [0.25, 0.3) is 11.8 Å². The van der Waals surface area contributed by atoms with E-state index < -0.39 is 6.10 Å². The average Bonchev–Trinajstić information content (AvgIpc) is 2.76. The number of hydrogen-bond donors (Lipinski definition) is 2. The van der Waals surface area contributed by atoms with Crippen LogP contribution in [0.15, 0.2) is 30.3 Å². The van der Waals surface area contributed by atoms with Gasteiger partial charge in [0.05, 0.1) is 19.3 Å². The van der Waals surface area contributed by atoms with Crippen molar-refractivity contribution in [1.82, 2.24) is 10.3 Å². The van der Waals surface area contributed by atoms with Crippen LogP contribution in [0, 0.1) is 0 Å². The summed E-state index contributed by atoms with van der Waals surface area (Å²) in [6, 6.07) is 9.27. The summed E-state index contributed by atoms with van der Waals surface area (Å²) in [4.78, 5) is 17.2. The molecule has 4 rings (SSSR count). The van der Waals surface area contributed by atoms with Crippen molar-refractivity contribution in [2.75, 3.05) is 20.3 Å². The van der Waals surface area contributed by atoms with Gasteiger partial charge < -0.3 is 24.6 Å². The van der Waals surface area contributed by atoms with E-state index in [1.807, 2.05) is 24.3 Å². The Morgan fingerprint density at radius 1 is 1.21 bits per heavy atom. The number of nitrogens with zero attached hydrogens (tertiary/aromatic N) is 1. The predicted octanol–water partition coefficient (Wildman–Crippen LogP) is 2.49. The molecule has 0 spiro atoms. The van der Waals surface area contributed by atoms with Crippen LogP contribution in [0.4, 0.5) is 0 Å². The number of methoxy groups -OCH3 is 1. The molecule has 1 aliphatic carbocycles. The van der Waals surface area contributed by atoms with E-state index in [-0.39, 0.29) is 17.6 Å². The molecule has 1 saturated carbocycles. The number of hydrogen-bond acceptors (Lipinski definition) is 6. The summed E-state index contributed by atoms with van der Waals surface area (Å²) in [7, 11) is 1.63. The molecule has 2 N–H and O–H groups in total. The molecule has 2 aliphatic rings. The molecule has 0 bridgehead atoms. The highest BCUT2D eigenvalue weighted by Gasteiger charge is 2.27. The molecule has 1 aromatic heterocycles. The number of carbonyl (C=O) groups excluding carboxylic acids is 1. The first kappa shape index (κ1) is 19.5. The van der Waals surface area contributed by atoms with Crippen LogP contribution in [-0.4, -0.2) is 48.5 Å². The third-order valence-corrected chi connectivity index (χ3v) is 5.42. The molecule has 1 fully saturated rings. The fourth-order valence-electron chi connectivity index (χ4n) is 3.83. The van der Waals surface area contributed by atoms with Gasteiger partial charge in [0.2, 0.25) is 0 Å². The Morgan fingerprint density at radius 2 is 1.97 bits per heavy atom. The van der Waals surface area contributed by atoms with Crippen LogP contribution in [0.5, 0.6) is 17.4 Å². The van der Waals surface area contributed by atoms with Gasteiger partial charge in [-0.15, -0.1) is 0 Å². The third kappa shape index (κ3) is 4.45. The van der Waals surface area contributed by atoms with Crippen molar-refractivity contribution >= 4 is 5.91 Å². The predicted molar refractivity (Wildman–Crippen MR) is 107 cm³/mol. The summed E-state index contributed by atoms with van der Waals surface area (Å²) in [5.74, 6) is 1.41.